The third-order valence-corrected chi connectivity index (χ3v) is 2.35. The van der Waals surface area contributed by atoms with Crippen molar-refractivity contribution >= 4 is 0 Å². The Morgan fingerprint density at radius 3 is 2.43 bits per heavy atom. The van der Waals surface area contributed by atoms with Crippen molar-refractivity contribution in [1.82, 2.24) is 10.4 Å². The minimum atomic E-state index is 0.366. The lowest BCUT2D eigenvalue weighted by molar-refractivity contribution is 0.252. The molecule has 1 unspecified atom stereocenters. The first-order valence-corrected chi connectivity index (χ1v) is 5.01. The van der Waals surface area contributed by atoms with Gasteiger partial charge >= 0.3 is 0 Å². The van der Waals surface area contributed by atoms with Crippen molar-refractivity contribution in [3.63, 3.8) is 0 Å². The number of nitrogens with one attached hydrogen (secondary N) is 1. The quantitative estimate of drug-likeness (QED) is 0.740. The van der Waals surface area contributed by atoms with Crippen LogP contribution in [-0.2, 0) is 0 Å². The molecule has 2 heteroatoms. The lowest BCUT2D eigenvalue weighted by atomic mass is 10.0. The highest BCUT2D eigenvalue weighted by Gasteiger charge is 2.08. The number of hydrogen-bond acceptors (Lipinski definition) is 2. The summed E-state index contributed by atoms with van der Waals surface area (Å²) < 4.78 is 0. The van der Waals surface area contributed by atoms with Crippen molar-refractivity contribution in [2.45, 2.75) is 26.8 Å². The summed E-state index contributed by atoms with van der Waals surface area (Å²) in [4.78, 5) is 0. The van der Waals surface area contributed by atoms with Crippen molar-refractivity contribution in [3.8, 4) is 0 Å². The topological polar surface area (TPSA) is 15.3 Å². The van der Waals surface area contributed by atoms with Crippen LogP contribution < -0.4 is 5.43 Å². The van der Waals surface area contributed by atoms with Gasteiger partial charge in [-0.25, -0.2) is 5.43 Å². The molecular weight excluding hydrogens is 172 g/mol. The van der Waals surface area contributed by atoms with Crippen molar-refractivity contribution in [3.05, 3.63) is 34.9 Å². The lowest BCUT2D eigenvalue weighted by Crippen LogP contribution is -2.33. The van der Waals surface area contributed by atoms with Crippen molar-refractivity contribution < 1.29 is 0 Å². The molecule has 1 N–H and O–H groups in total. The molecule has 0 heterocycles. The van der Waals surface area contributed by atoms with Gasteiger partial charge in [0.25, 0.3) is 0 Å². The number of nitrogens with zero attached hydrogens (tertiary/aromatic N) is 1. The number of hydrogen-bond donors (Lipinski definition) is 1. The van der Waals surface area contributed by atoms with Gasteiger partial charge in [-0.3, -0.25) is 5.01 Å². The van der Waals surface area contributed by atoms with E-state index in [2.05, 4.69) is 44.4 Å². The minimum Gasteiger partial charge on any atom is -0.250 e. The van der Waals surface area contributed by atoms with E-state index in [1.165, 1.54) is 16.7 Å². The van der Waals surface area contributed by atoms with Crippen LogP contribution in [0.5, 0.6) is 0 Å². The van der Waals surface area contributed by atoms with Gasteiger partial charge in [0.2, 0.25) is 0 Å². The van der Waals surface area contributed by atoms with Gasteiger partial charge in [-0.15, -0.1) is 0 Å². The summed E-state index contributed by atoms with van der Waals surface area (Å²) in [7, 11) is 4.03. The first-order chi connectivity index (χ1) is 6.50. The predicted molar refractivity (Wildman–Crippen MR) is 61.2 cm³/mol. The molecule has 0 aromatic heterocycles. The second-order valence-corrected chi connectivity index (χ2v) is 4.11. The maximum absolute atomic E-state index is 3.36. The highest BCUT2D eigenvalue weighted by Crippen LogP contribution is 2.18. The maximum atomic E-state index is 3.36. The monoisotopic (exact) mass is 192 g/mol. The van der Waals surface area contributed by atoms with E-state index in [1.54, 1.807) is 0 Å². The van der Waals surface area contributed by atoms with Crippen molar-refractivity contribution in [2.24, 2.45) is 0 Å². The number of aryl methyl sites for hydroxylation is 2. The van der Waals surface area contributed by atoms with E-state index in [4.69, 9.17) is 0 Å². The molecule has 0 amide bonds. The summed E-state index contributed by atoms with van der Waals surface area (Å²) in [6.07, 6.45) is 0. The molecule has 0 aliphatic carbocycles. The fourth-order valence-corrected chi connectivity index (χ4v) is 1.68. The molecule has 14 heavy (non-hydrogen) atoms. The highest BCUT2D eigenvalue weighted by atomic mass is 15.5. The van der Waals surface area contributed by atoms with Crippen LogP contribution in [0.1, 0.15) is 29.7 Å². The first kappa shape index (κ1) is 11.2. The van der Waals surface area contributed by atoms with Gasteiger partial charge in [-0.1, -0.05) is 23.8 Å². The number of benzene rings is 1. The van der Waals surface area contributed by atoms with Crippen LogP contribution in [0, 0.1) is 13.8 Å². The smallest absolute Gasteiger partial charge is 0.0439 e. The Labute approximate surface area is 86.9 Å². The molecule has 1 aromatic carbocycles. The fraction of sp³-hybridized carbons (Fsp3) is 0.500. The molecule has 1 atom stereocenters. The predicted octanol–water partition coefficient (Wildman–Crippen LogP) is 2.43. The maximum Gasteiger partial charge on any atom is 0.0439 e. The zero-order chi connectivity index (χ0) is 10.7. The summed E-state index contributed by atoms with van der Waals surface area (Å²) >= 11 is 0. The first-order valence-electron chi connectivity index (χ1n) is 5.01. The third-order valence-electron chi connectivity index (χ3n) is 2.35. The summed E-state index contributed by atoms with van der Waals surface area (Å²) in [5.41, 5.74) is 7.40. The largest absolute Gasteiger partial charge is 0.250 e. The van der Waals surface area contributed by atoms with Crippen LogP contribution in [0.25, 0.3) is 0 Å². The summed E-state index contributed by atoms with van der Waals surface area (Å²) in [5, 5.41) is 1.99. The van der Waals surface area contributed by atoms with Gasteiger partial charge in [0.15, 0.2) is 0 Å². The van der Waals surface area contributed by atoms with Crippen LogP contribution in [0.4, 0.5) is 0 Å². The Morgan fingerprint density at radius 1 is 1.21 bits per heavy atom. The zero-order valence-electron chi connectivity index (χ0n) is 9.76. The molecule has 78 valence electrons. The molecule has 1 aromatic rings. The molecule has 0 radical (unpaired) electrons. The van der Waals surface area contributed by atoms with Crippen molar-refractivity contribution in [1.29, 1.82) is 0 Å². The SMILES string of the molecule is Cc1ccc(C)c(C(C)NN(C)C)c1. The average Bonchev–Trinajstić information content (AvgIpc) is 2.08. The second-order valence-electron chi connectivity index (χ2n) is 4.11. The van der Waals surface area contributed by atoms with Gasteiger partial charge in [0.1, 0.15) is 0 Å². The van der Waals surface area contributed by atoms with E-state index in [-0.39, 0.29) is 0 Å². The van der Waals surface area contributed by atoms with Crippen LogP contribution in [-0.4, -0.2) is 19.1 Å². The fourth-order valence-electron chi connectivity index (χ4n) is 1.68. The van der Waals surface area contributed by atoms with Gasteiger partial charge in [-0.2, -0.15) is 0 Å². The van der Waals surface area contributed by atoms with Gasteiger partial charge in [0, 0.05) is 20.1 Å². The number of hydrazine groups is 1. The van der Waals surface area contributed by atoms with E-state index in [9.17, 15) is 0 Å². The molecule has 1 rings (SSSR count). The molecule has 0 aliphatic rings. The van der Waals surface area contributed by atoms with Crippen LogP contribution in [0.3, 0.4) is 0 Å². The molecule has 0 bridgehead atoms. The average molecular weight is 192 g/mol. The summed E-state index contributed by atoms with van der Waals surface area (Å²) in [6, 6.07) is 6.95. The lowest BCUT2D eigenvalue weighted by Gasteiger charge is -2.21. The standard InChI is InChI=1S/C12H20N2/c1-9-6-7-10(2)12(8-9)11(3)13-14(4)5/h6-8,11,13H,1-5H3. The van der Waals surface area contributed by atoms with Gasteiger partial charge < -0.3 is 0 Å². The van der Waals surface area contributed by atoms with Gasteiger partial charge in [0.05, 0.1) is 0 Å². The van der Waals surface area contributed by atoms with E-state index in [0.29, 0.717) is 6.04 Å². The van der Waals surface area contributed by atoms with Crippen LogP contribution in [0.15, 0.2) is 18.2 Å². The molecule has 0 saturated carbocycles. The second kappa shape index (κ2) is 4.58. The van der Waals surface area contributed by atoms with Crippen LogP contribution >= 0.6 is 0 Å². The van der Waals surface area contributed by atoms with E-state index in [1.807, 2.05) is 19.1 Å². The van der Waals surface area contributed by atoms with E-state index >= 15 is 0 Å². The summed E-state index contributed by atoms with van der Waals surface area (Å²) in [6.45, 7) is 6.47. The minimum absolute atomic E-state index is 0.366. The Balaban J connectivity index is 2.88. The zero-order valence-corrected chi connectivity index (χ0v) is 9.76. The molecule has 2 nitrogen and oxygen atoms in total. The van der Waals surface area contributed by atoms with E-state index < -0.39 is 0 Å². The molecule has 0 fully saturated rings. The van der Waals surface area contributed by atoms with E-state index in [0.717, 1.165) is 0 Å². The normalized spacial score (nSPS) is 13.3. The third kappa shape index (κ3) is 2.82. The molecule has 0 saturated heterocycles. The Hall–Kier alpha value is -0.860. The Bertz CT molecular complexity index is 305. The molecular formula is C12H20N2. The van der Waals surface area contributed by atoms with Gasteiger partial charge in [-0.05, 0) is 31.9 Å². The Kier molecular flexibility index (Phi) is 3.67. The summed E-state index contributed by atoms with van der Waals surface area (Å²) in [5.74, 6) is 0. The van der Waals surface area contributed by atoms with Crippen LogP contribution in [0.2, 0.25) is 0 Å². The van der Waals surface area contributed by atoms with Crippen molar-refractivity contribution in [2.75, 3.05) is 14.1 Å². The Morgan fingerprint density at radius 2 is 1.86 bits per heavy atom. The molecule has 0 aliphatic heterocycles. The highest BCUT2D eigenvalue weighted by molar-refractivity contribution is 5.32. The molecule has 0 spiro atoms. The number of rotatable bonds is 3.